The molecule has 0 aliphatic carbocycles. The van der Waals surface area contributed by atoms with Crippen LogP contribution < -0.4 is 0 Å². The fourth-order valence-electron chi connectivity index (χ4n) is 2.56. The van der Waals surface area contributed by atoms with Crippen molar-refractivity contribution in [1.82, 2.24) is 0 Å². The molecule has 3 heteroatoms. The number of hydrogen-bond donors (Lipinski definition) is 0. The molecule has 0 unspecified atom stereocenters. The Hall–Kier alpha value is -0.850. The largest absolute Gasteiger partial charge is 0.356 e. The van der Waals surface area contributed by atoms with Crippen molar-refractivity contribution < 1.29 is 9.47 Å². The van der Waals surface area contributed by atoms with Crippen LogP contribution in [-0.2, 0) is 9.47 Å². The molecule has 0 bridgehead atoms. The topological polar surface area (TPSA) is 30.8 Å². The second-order valence-corrected chi connectivity index (χ2v) is 4.16. The molecule has 0 N–H and O–H groups in total. The fourth-order valence-corrected chi connectivity index (χ4v) is 2.56. The Morgan fingerprint density at radius 2 is 2.00 bits per heavy atom. The molecule has 0 spiro atoms. The van der Waals surface area contributed by atoms with Gasteiger partial charge in [-0.3, -0.25) is 4.99 Å². The highest BCUT2D eigenvalue weighted by Gasteiger charge is 2.67. The average molecular weight is 193 g/mol. The monoisotopic (exact) mass is 193 g/mol. The molecule has 0 aromatic rings. The van der Waals surface area contributed by atoms with Gasteiger partial charge in [-0.15, -0.1) is 6.42 Å². The number of hydrogen-bond acceptors (Lipinski definition) is 3. The van der Waals surface area contributed by atoms with Crippen LogP contribution in [0, 0.1) is 24.2 Å². The van der Waals surface area contributed by atoms with Crippen LogP contribution in [-0.4, -0.2) is 31.3 Å². The predicted octanol–water partition coefficient (Wildman–Crippen LogP) is 1.09. The van der Waals surface area contributed by atoms with E-state index in [2.05, 4.69) is 17.6 Å². The number of rotatable bonds is 1. The van der Waals surface area contributed by atoms with Crippen LogP contribution in [0.3, 0.4) is 0 Å². The molecule has 14 heavy (non-hydrogen) atoms. The van der Waals surface area contributed by atoms with Gasteiger partial charge in [-0.05, 0) is 6.72 Å². The molecule has 2 aliphatic rings. The van der Waals surface area contributed by atoms with E-state index in [-0.39, 0.29) is 11.8 Å². The van der Waals surface area contributed by atoms with Gasteiger partial charge in [-0.2, -0.15) is 0 Å². The van der Waals surface area contributed by atoms with Crippen molar-refractivity contribution in [3.63, 3.8) is 0 Å². The molecular weight excluding hydrogens is 178 g/mol. The lowest BCUT2D eigenvalue weighted by Crippen LogP contribution is -2.50. The van der Waals surface area contributed by atoms with Crippen LogP contribution >= 0.6 is 0 Å². The van der Waals surface area contributed by atoms with E-state index in [1.54, 1.807) is 0 Å². The van der Waals surface area contributed by atoms with E-state index >= 15 is 0 Å². The molecule has 3 nitrogen and oxygen atoms in total. The van der Waals surface area contributed by atoms with Gasteiger partial charge in [0.15, 0.2) is 5.60 Å². The Labute approximate surface area is 84.5 Å². The molecule has 0 radical (unpaired) electrons. The zero-order chi connectivity index (χ0) is 10.4. The van der Waals surface area contributed by atoms with Crippen molar-refractivity contribution >= 4 is 6.72 Å². The molecule has 0 saturated carbocycles. The summed E-state index contributed by atoms with van der Waals surface area (Å²) in [6.45, 7) is 8.85. The summed E-state index contributed by atoms with van der Waals surface area (Å²) in [5, 5.41) is 0. The first-order chi connectivity index (χ1) is 6.63. The van der Waals surface area contributed by atoms with Crippen LogP contribution in [0.25, 0.3) is 0 Å². The van der Waals surface area contributed by atoms with E-state index in [4.69, 9.17) is 15.9 Å². The van der Waals surface area contributed by atoms with E-state index in [0.29, 0.717) is 13.2 Å². The summed E-state index contributed by atoms with van der Waals surface area (Å²) in [4.78, 5) is 4.12. The van der Waals surface area contributed by atoms with E-state index in [0.717, 1.165) is 0 Å². The second kappa shape index (κ2) is 2.82. The van der Waals surface area contributed by atoms with Crippen LogP contribution in [0.1, 0.15) is 13.8 Å². The van der Waals surface area contributed by atoms with Gasteiger partial charge in [0, 0.05) is 11.8 Å². The average Bonchev–Trinajstić information content (AvgIpc) is 2.64. The Morgan fingerprint density at radius 3 is 2.50 bits per heavy atom. The number of fused-ring (bicyclic) bond motifs is 1. The Bertz CT molecular complexity index is 309. The molecule has 2 rings (SSSR count). The van der Waals surface area contributed by atoms with E-state index < -0.39 is 11.3 Å². The first-order valence-corrected chi connectivity index (χ1v) is 4.86. The first kappa shape index (κ1) is 9.70. The smallest absolute Gasteiger partial charge is 0.203 e. The van der Waals surface area contributed by atoms with Crippen molar-refractivity contribution in [2.45, 2.75) is 25.2 Å². The summed E-state index contributed by atoms with van der Waals surface area (Å²) in [7, 11) is 0. The third-order valence-corrected chi connectivity index (χ3v) is 3.46. The number of ether oxygens (including phenoxy) is 2. The molecule has 0 aromatic heterocycles. The van der Waals surface area contributed by atoms with Crippen molar-refractivity contribution in [2.24, 2.45) is 16.8 Å². The van der Waals surface area contributed by atoms with Crippen molar-refractivity contribution in [3.8, 4) is 12.3 Å². The van der Waals surface area contributed by atoms with E-state index in [1.165, 1.54) is 0 Å². The van der Waals surface area contributed by atoms with Gasteiger partial charge in [0.1, 0.15) is 0 Å². The van der Waals surface area contributed by atoms with Crippen molar-refractivity contribution in [1.29, 1.82) is 0 Å². The molecule has 0 aromatic carbocycles. The maximum absolute atomic E-state index is 5.74. The maximum Gasteiger partial charge on any atom is 0.203 e. The molecule has 2 fully saturated rings. The van der Waals surface area contributed by atoms with Gasteiger partial charge in [0.25, 0.3) is 0 Å². The molecular formula is C11H15NO2. The fraction of sp³-hybridized carbons (Fsp3) is 0.727. The summed E-state index contributed by atoms with van der Waals surface area (Å²) in [5.74, 6) is 3.07. The van der Waals surface area contributed by atoms with Gasteiger partial charge in [0.05, 0.1) is 13.2 Å². The quantitative estimate of drug-likeness (QED) is 0.461. The SMILES string of the molecule is C#C[C@]12OC[C@@H](C)[C@@]1(N=C)OC[C@H]2C. The molecule has 2 heterocycles. The lowest BCUT2D eigenvalue weighted by Gasteiger charge is -2.33. The first-order valence-electron chi connectivity index (χ1n) is 4.86. The van der Waals surface area contributed by atoms with Gasteiger partial charge in [-0.25, -0.2) is 0 Å². The maximum atomic E-state index is 5.74. The molecule has 4 atom stereocenters. The second-order valence-electron chi connectivity index (χ2n) is 4.16. The number of terminal acetylenes is 1. The standard InChI is InChI=1S/C11H15NO2/c1-5-10-8(2)6-14-11(10,12-4)9(3)7-13-10/h1,8-9H,4,6-7H2,2-3H3/t8-,9-,10-,11-/m1/s1. The molecule has 0 amide bonds. The number of aliphatic imine (C=N–C) groups is 1. The Morgan fingerprint density at radius 1 is 1.36 bits per heavy atom. The van der Waals surface area contributed by atoms with Crippen LogP contribution in [0.15, 0.2) is 4.99 Å². The summed E-state index contributed by atoms with van der Waals surface area (Å²) in [6, 6.07) is 0. The normalized spacial score (nSPS) is 51.2. The Balaban J connectivity index is 2.53. The minimum Gasteiger partial charge on any atom is -0.356 e. The van der Waals surface area contributed by atoms with E-state index in [9.17, 15) is 0 Å². The lowest BCUT2D eigenvalue weighted by atomic mass is 9.80. The highest BCUT2D eigenvalue weighted by atomic mass is 16.6. The molecule has 76 valence electrons. The molecule has 2 aliphatic heterocycles. The minimum absolute atomic E-state index is 0.168. The minimum atomic E-state index is -0.721. The summed E-state index contributed by atoms with van der Waals surface area (Å²) < 4.78 is 11.5. The van der Waals surface area contributed by atoms with Crippen LogP contribution in [0.2, 0.25) is 0 Å². The molecule has 2 saturated heterocycles. The van der Waals surface area contributed by atoms with Gasteiger partial charge >= 0.3 is 0 Å². The van der Waals surface area contributed by atoms with Crippen molar-refractivity contribution in [2.75, 3.05) is 13.2 Å². The van der Waals surface area contributed by atoms with E-state index in [1.807, 2.05) is 13.8 Å². The summed E-state index contributed by atoms with van der Waals surface area (Å²) in [5.41, 5.74) is -1.42. The van der Waals surface area contributed by atoms with Crippen LogP contribution in [0.5, 0.6) is 0 Å². The number of nitrogens with zero attached hydrogens (tertiary/aromatic N) is 1. The highest BCUT2D eigenvalue weighted by Crippen LogP contribution is 2.52. The third kappa shape index (κ3) is 0.789. The van der Waals surface area contributed by atoms with Gasteiger partial charge in [-0.1, -0.05) is 19.8 Å². The lowest BCUT2D eigenvalue weighted by molar-refractivity contribution is -0.0636. The third-order valence-electron chi connectivity index (χ3n) is 3.46. The van der Waals surface area contributed by atoms with Gasteiger partial charge < -0.3 is 9.47 Å². The summed E-state index contributed by atoms with van der Waals surface area (Å²) >= 11 is 0. The zero-order valence-corrected chi connectivity index (χ0v) is 8.62. The highest BCUT2D eigenvalue weighted by molar-refractivity contribution is 5.34. The van der Waals surface area contributed by atoms with Gasteiger partial charge in [0.2, 0.25) is 5.72 Å². The zero-order valence-electron chi connectivity index (χ0n) is 8.62. The van der Waals surface area contributed by atoms with Crippen molar-refractivity contribution in [3.05, 3.63) is 0 Å². The summed E-state index contributed by atoms with van der Waals surface area (Å²) in [6.07, 6.45) is 5.58. The predicted molar refractivity (Wildman–Crippen MR) is 54.1 cm³/mol. The Kier molecular flexibility index (Phi) is 1.95. The van der Waals surface area contributed by atoms with Crippen LogP contribution in [0.4, 0.5) is 0 Å².